The van der Waals surface area contributed by atoms with E-state index in [2.05, 4.69) is 5.32 Å². The van der Waals surface area contributed by atoms with Crippen molar-refractivity contribution in [1.29, 1.82) is 5.26 Å². The summed E-state index contributed by atoms with van der Waals surface area (Å²) in [5, 5.41) is 20.5. The van der Waals surface area contributed by atoms with Gasteiger partial charge in [-0.15, -0.1) is 0 Å². The number of benzene rings is 1. The van der Waals surface area contributed by atoms with Crippen molar-refractivity contribution in [2.45, 2.75) is 19.3 Å². The molecule has 2 atom stereocenters. The van der Waals surface area contributed by atoms with Crippen molar-refractivity contribution >= 4 is 17.6 Å². The molecule has 2 unspecified atom stereocenters. The highest BCUT2D eigenvalue weighted by Crippen LogP contribution is 2.33. The summed E-state index contributed by atoms with van der Waals surface area (Å²) >= 11 is 0. The Balaban J connectivity index is 2.07. The zero-order valence-electron chi connectivity index (χ0n) is 11.6. The van der Waals surface area contributed by atoms with Gasteiger partial charge in [0.25, 0.3) is 0 Å². The molecule has 0 saturated heterocycles. The number of rotatable bonds is 4. The average molecular weight is 288 g/mol. The Bertz CT molecular complexity index is 606. The van der Waals surface area contributed by atoms with Crippen molar-refractivity contribution < 1.29 is 19.4 Å². The molecule has 1 aliphatic carbocycles. The summed E-state index contributed by atoms with van der Waals surface area (Å²) in [6, 6.07) is 6.74. The van der Waals surface area contributed by atoms with Crippen LogP contribution in [-0.2, 0) is 9.59 Å². The molecule has 1 aliphatic rings. The van der Waals surface area contributed by atoms with Crippen LogP contribution in [0.25, 0.3) is 0 Å². The minimum Gasteiger partial charge on any atom is -0.495 e. The topological polar surface area (TPSA) is 99.4 Å². The van der Waals surface area contributed by atoms with Gasteiger partial charge in [0.05, 0.1) is 30.3 Å². The number of hydrogen-bond donors (Lipinski definition) is 2. The summed E-state index contributed by atoms with van der Waals surface area (Å²) in [5.41, 5.74) is 0.928. The highest BCUT2D eigenvalue weighted by molar-refractivity contribution is 5.94. The Labute approximate surface area is 122 Å². The van der Waals surface area contributed by atoms with Gasteiger partial charge in [0.2, 0.25) is 5.91 Å². The first kappa shape index (κ1) is 14.9. The fourth-order valence-corrected chi connectivity index (χ4v) is 2.54. The van der Waals surface area contributed by atoms with Gasteiger partial charge in [0.15, 0.2) is 0 Å². The second-order valence-electron chi connectivity index (χ2n) is 5.06. The van der Waals surface area contributed by atoms with E-state index in [1.807, 2.05) is 6.07 Å². The van der Waals surface area contributed by atoms with E-state index in [1.165, 1.54) is 7.11 Å². The number of nitrogens with zero attached hydrogens (tertiary/aromatic N) is 1. The molecular weight excluding hydrogens is 272 g/mol. The smallest absolute Gasteiger partial charge is 0.306 e. The van der Waals surface area contributed by atoms with Crippen LogP contribution in [0.3, 0.4) is 0 Å². The van der Waals surface area contributed by atoms with E-state index in [-0.39, 0.29) is 11.8 Å². The highest BCUT2D eigenvalue weighted by Gasteiger charge is 2.34. The first-order valence-electron chi connectivity index (χ1n) is 6.67. The summed E-state index contributed by atoms with van der Waals surface area (Å²) < 4.78 is 5.15. The number of amides is 1. The van der Waals surface area contributed by atoms with Crippen LogP contribution >= 0.6 is 0 Å². The molecule has 0 aliphatic heterocycles. The van der Waals surface area contributed by atoms with Gasteiger partial charge in [-0.3, -0.25) is 9.59 Å². The first-order valence-corrected chi connectivity index (χ1v) is 6.67. The predicted molar refractivity (Wildman–Crippen MR) is 74.8 cm³/mol. The maximum atomic E-state index is 12.2. The molecule has 1 amide bonds. The maximum Gasteiger partial charge on any atom is 0.306 e. The Kier molecular flexibility index (Phi) is 4.43. The lowest BCUT2D eigenvalue weighted by Crippen LogP contribution is -2.22. The number of carbonyl (C=O) groups excluding carboxylic acids is 1. The molecule has 0 heterocycles. The third-order valence-corrected chi connectivity index (χ3v) is 3.74. The first-order chi connectivity index (χ1) is 10.0. The Morgan fingerprint density at radius 2 is 2.10 bits per heavy atom. The fourth-order valence-electron chi connectivity index (χ4n) is 2.54. The number of hydrogen-bond acceptors (Lipinski definition) is 4. The molecule has 1 fully saturated rings. The second kappa shape index (κ2) is 6.27. The number of carbonyl (C=O) groups is 2. The largest absolute Gasteiger partial charge is 0.495 e. The molecule has 2 N–H and O–H groups in total. The van der Waals surface area contributed by atoms with Crippen LogP contribution in [0.5, 0.6) is 5.75 Å². The number of carboxylic acids is 1. The Hall–Kier alpha value is -2.55. The number of nitriles is 1. The summed E-state index contributed by atoms with van der Waals surface area (Å²) in [5.74, 6) is -1.38. The zero-order valence-corrected chi connectivity index (χ0v) is 11.6. The number of anilines is 1. The molecule has 6 nitrogen and oxygen atoms in total. The van der Waals surface area contributed by atoms with Crippen molar-refractivity contribution in [2.24, 2.45) is 11.8 Å². The van der Waals surface area contributed by atoms with E-state index in [1.54, 1.807) is 18.2 Å². The molecule has 0 radical (unpaired) electrons. The molecular formula is C15H16N2O4. The Morgan fingerprint density at radius 1 is 1.38 bits per heavy atom. The molecule has 1 aromatic rings. The van der Waals surface area contributed by atoms with Crippen molar-refractivity contribution in [3.05, 3.63) is 23.8 Å². The van der Waals surface area contributed by atoms with Gasteiger partial charge in [-0.2, -0.15) is 5.26 Å². The van der Waals surface area contributed by atoms with E-state index < -0.39 is 11.9 Å². The molecule has 0 spiro atoms. The summed E-state index contributed by atoms with van der Waals surface area (Å²) in [4.78, 5) is 23.1. The SMILES string of the molecule is COc1cc(C#N)ccc1NC(=O)C1CCC(C(=O)O)C1. The van der Waals surface area contributed by atoms with Gasteiger partial charge in [-0.05, 0) is 31.4 Å². The van der Waals surface area contributed by atoms with Crippen molar-refractivity contribution in [3.8, 4) is 11.8 Å². The van der Waals surface area contributed by atoms with Crippen LogP contribution in [0.2, 0.25) is 0 Å². The molecule has 1 aromatic carbocycles. The van der Waals surface area contributed by atoms with Gasteiger partial charge >= 0.3 is 5.97 Å². The lowest BCUT2D eigenvalue weighted by molar-refractivity contribution is -0.141. The van der Waals surface area contributed by atoms with Gasteiger partial charge in [-0.1, -0.05) is 0 Å². The minimum atomic E-state index is -0.846. The van der Waals surface area contributed by atoms with Crippen molar-refractivity contribution in [2.75, 3.05) is 12.4 Å². The van der Waals surface area contributed by atoms with Crippen molar-refractivity contribution in [3.63, 3.8) is 0 Å². The minimum absolute atomic E-state index is 0.207. The predicted octanol–water partition coefficient (Wildman–Crippen LogP) is 2.01. The van der Waals surface area contributed by atoms with E-state index in [9.17, 15) is 9.59 Å². The normalized spacial score (nSPS) is 20.6. The number of nitrogens with one attached hydrogen (secondary N) is 1. The average Bonchev–Trinajstić information content (AvgIpc) is 2.97. The van der Waals surface area contributed by atoms with Crippen LogP contribution in [0.1, 0.15) is 24.8 Å². The van der Waals surface area contributed by atoms with Crippen LogP contribution in [0, 0.1) is 23.2 Å². The number of carboxylic acid groups (broad SMARTS) is 1. The van der Waals surface area contributed by atoms with E-state index >= 15 is 0 Å². The van der Waals surface area contributed by atoms with Gasteiger partial charge < -0.3 is 15.2 Å². The number of methoxy groups -OCH3 is 1. The third-order valence-electron chi connectivity index (χ3n) is 3.74. The molecule has 2 rings (SSSR count). The molecule has 21 heavy (non-hydrogen) atoms. The quantitative estimate of drug-likeness (QED) is 0.882. The van der Waals surface area contributed by atoms with Crippen LogP contribution in [-0.4, -0.2) is 24.1 Å². The fraction of sp³-hybridized carbons (Fsp3) is 0.400. The summed E-state index contributed by atoms with van der Waals surface area (Å²) in [7, 11) is 1.46. The third kappa shape index (κ3) is 3.31. The highest BCUT2D eigenvalue weighted by atomic mass is 16.5. The van der Waals surface area contributed by atoms with Gasteiger partial charge in [0, 0.05) is 12.0 Å². The maximum absolute atomic E-state index is 12.2. The number of ether oxygens (including phenoxy) is 1. The van der Waals surface area contributed by atoms with Crippen LogP contribution in [0.15, 0.2) is 18.2 Å². The van der Waals surface area contributed by atoms with Crippen molar-refractivity contribution in [1.82, 2.24) is 0 Å². The Morgan fingerprint density at radius 3 is 2.67 bits per heavy atom. The number of aliphatic carboxylic acids is 1. The molecule has 1 saturated carbocycles. The van der Waals surface area contributed by atoms with Gasteiger partial charge in [-0.25, -0.2) is 0 Å². The van der Waals surface area contributed by atoms with Crippen LogP contribution < -0.4 is 10.1 Å². The molecule has 6 heteroatoms. The van der Waals surface area contributed by atoms with Gasteiger partial charge in [0.1, 0.15) is 5.75 Å². The summed E-state index contributed by atoms with van der Waals surface area (Å²) in [6.45, 7) is 0. The monoisotopic (exact) mass is 288 g/mol. The standard InChI is InChI=1S/C15H16N2O4/c1-21-13-6-9(8-16)2-5-12(13)17-14(18)10-3-4-11(7-10)15(19)20/h2,5-6,10-11H,3-4,7H2,1H3,(H,17,18)(H,19,20). The second-order valence-corrected chi connectivity index (χ2v) is 5.06. The summed E-state index contributed by atoms with van der Waals surface area (Å²) in [6.07, 6.45) is 1.46. The molecule has 0 aromatic heterocycles. The molecule has 110 valence electrons. The molecule has 0 bridgehead atoms. The van der Waals surface area contributed by atoms with E-state index in [4.69, 9.17) is 15.1 Å². The van der Waals surface area contributed by atoms with E-state index in [0.29, 0.717) is 36.3 Å². The van der Waals surface area contributed by atoms with Crippen LogP contribution in [0.4, 0.5) is 5.69 Å². The zero-order chi connectivity index (χ0) is 15.4. The lowest BCUT2D eigenvalue weighted by atomic mass is 10.0. The van der Waals surface area contributed by atoms with E-state index in [0.717, 1.165) is 0 Å². The lowest BCUT2D eigenvalue weighted by Gasteiger charge is -2.13.